The van der Waals surface area contributed by atoms with Gasteiger partial charge in [-0.05, 0) is 12.8 Å². The van der Waals surface area contributed by atoms with Crippen LogP contribution in [-0.2, 0) is 4.79 Å². The van der Waals surface area contributed by atoms with E-state index in [1.807, 2.05) is 6.92 Å². The first-order chi connectivity index (χ1) is 3.27. The van der Waals surface area contributed by atoms with E-state index in [1.54, 1.807) is 0 Å². The number of isocyanates is 1. The van der Waals surface area contributed by atoms with E-state index in [-0.39, 0.29) is 5.92 Å². The Morgan fingerprint density at radius 3 is 2.71 bits per heavy atom. The van der Waals surface area contributed by atoms with Crippen molar-refractivity contribution < 1.29 is 4.79 Å². The van der Waals surface area contributed by atoms with E-state index in [0.29, 0.717) is 6.54 Å². The highest BCUT2D eigenvalue weighted by atomic mass is 16.1. The molecule has 39 valence electrons. The lowest BCUT2D eigenvalue weighted by atomic mass is 10.2. The van der Waals surface area contributed by atoms with Crippen molar-refractivity contribution in [2.24, 2.45) is 10.9 Å². The van der Waals surface area contributed by atoms with Crippen molar-refractivity contribution in [1.82, 2.24) is 0 Å². The van der Waals surface area contributed by atoms with Crippen LogP contribution in [0.2, 0.25) is 0 Å². The Balaban J connectivity index is 3.13. The molecule has 0 fully saturated rings. The second-order valence-electron chi connectivity index (χ2n) is 1.54. The minimum Gasteiger partial charge on any atom is -0.211 e. The molecular formula is C5H8NO. The van der Waals surface area contributed by atoms with Gasteiger partial charge in [0.1, 0.15) is 0 Å². The number of rotatable bonds is 2. The fraction of sp³-hybridized carbons (Fsp3) is 0.600. The summed E-state index contributed by atoms with van der Waals surface area (Å²) in [6.45, 7) is 5.98. The first-order valence-corrected chi connectivity index (χ1v) is 2.14. The molecule has 2 nitrogen and oxygen atoms in total. The van der Waals surface area contributed by atoms with Crippen LogP contribution in [0.1, 0.15) is 6.92 Å². The van der Waals surface area contributed by atoms with E-state index in [2.05, 4.69) is 11.9 Å². The zero-order valence-electron chi connectivity index (χ0n) is 4.35. The Morgan fingerprint density at radius 2 is 2.57 bits per heavy atom. The standard InChI is InChI=1S/C5H8NO/c1-5(2)3-6-4-7/h5H,1,3H2,2H3. The van der Waals surface area contributed by atoms with E-state index in [9.17, 15) is 4.79 Å². The molecule has 0 saturated carbocycles. The van der Waals surface area contributed by atoms with Crippen molar-refractivity contribution in [1.29, 1.82) is 0 Å². The van der Waals surface area contributed by atoms with Crippen LogP contribution in [0.4, 0.5) is 0 Å². The maximum atomic E-state index is 9.39. The number of hydrogen-bond donors (Lipinski definition) is 0. The van der Waals surface area contributed by atoms with Crippen LogP contribution in [0.3, 0.4) is 0 Å². The second-order valence-corrected chi connectivity index (χ2v) is 1.54. The predicted octanol–water partition coefficient (Wildman–Crippen LogP) is 0.792. The lowest BCUT2D eigenvalue weighted by Gasteiger charge is -1.90. The average Bonchev–Trinajstić information content (AvgIpc) is 1.61. The van der Waals surface area contributed by atoms with Gasteiger partial charge in [-0.2, -0.15) is 0 Å². The van der Waals surface area contributed by atoms with Gasteiger partial charge in [0, 0.05) is 0 Å². The van der Waals surface area contributed by atoms with Crippen molar-refractivity contribution in [3.63, 3.8) is 0 Å². The minimum absolute atomic E-state index is 0.224. The van der Waals surface area contributed by atoms with Gasteiger partial charge in [-0.3, -0.25) is 0 Å². The van der Waals surface area contributed by atoms with E-state index >= 15 is 0 Å². The van der Waals surface area contributed by atoms with Crippen LogP contribution >= 0.6 is 0 Å². The van der Waals surface area contributed by atoms with E-state index in [0.717, 1.165) is 0 Å². The van der Waals surface area contributed by atoms with Gasteiger partial charge in [-0.15, -0.1) is 0 Å². The highest BCUT2D eigenvalue weighted by Crippen LogP contribution is 1.87. The van der Waals surface area contributed by atoms with Gasteiger partial charge in [-0.1, -0.05) is 6.92 Å². The topological polar surface area (TPSA) is 29.4 Å². The third kappa shape index (κ3) is 5.38. The molecule has 0 aliphatic heterocycles. The maximum absolute atomic E-state index is 9.39. The normalized spacial score (nSPS) is 8.43. The van der Waals surface area contributed by atoms with Crippen molar-refractivity contribution >= 4 is 6.08 Å². The summed E-state index contributed by atoms with van der Waals surface area (Å²) in [6.07, 6.45) is 1.43. The van der Waals surface area contributed by atoms with Gasteiger partial charge in [0.15, 0.2) is 0 Å². The molecule has 2 heteroatoms. The lowest BCUT2D eigenvalue weighted by molar-refractivity contribution is 0.560. The summed E-state index contributed by atoms with van der Waals surface area (Å²) in [6, 6.07) is 0. The summed E-state index contributed by atoms with van der Waals surface area (Å²) in [4.78, 5) is 12.7. The number of aliphatic imine (C=N–C) groups is 1. The second kappa shape index (κ2) is 3.57. The van der Waals surface area contributed by atoms with E-state index < -0.39 is 0 Å². The van der Waals surface area contributed by atoms with Crippen molar-refractivity contribution in [2.75, 3.05) is 6.54 Å². The first-order valence-electron chi connectivity index (χ1n) is 2.14. The lowest BCUT2D eigenvalue weighted by Crippen LogP contribution is -1.90. The summed E-state index contributed by atoms with van der Waals surface area (Å²) >= 11 is 0. The summed E-state index contributed by atoms with van der Waals surface area (Å²) in [7, 11) is 0. The van der Waals surface area contributed by atoms with Crippen LogP contribution < -0.4 is 0 Å². The van der Waals surface area contributed by atoms with Gasteiger partial charge in [-0.25, -0.2) is 9.79 Å². The van der Waals surface area contributed by atoms with Gasteiger partial charge >= 0.3 is 0 Å². The summed E-state index contributed by atoms with van der Waals surface area (Å²) < 4.78 is 0. The molecule has 0 N–H and O–H groups in total. The quantitative estimate of drug-likeness (QED) is 0.371. The molecule has 0 amide bonds. The minimum atomic E-state index is 0.224. The molecule has 0 aromatic rings. The fourth-order valence-electron chi connectivity index (χ4n) is 0.193. The molecule has 0 spiro atoms. The Morgan fingerprint density at radius 1 is 2.00 bits per heavy atom. The zero-order chi connectivity index (χ0) is 5.70. The molecule has 1 radical (unpaired) electrons. The predicted molar refractivity (Wildman–Crippen MR) is 27.5 cm³/mol. The Hall–Kier alpha value is -0.620. The van der Waals surface area contributed by atoms with Crippen molar-refractivity contribution in [2.45, 2.75) is 6.92 Å². The molecule has 0 aromatic carbocycles. The first kappa shape index (κ1) is 6.38. The van der Waals surface area contributed by atoms with Crippen LogP contribution in [0.15, 0.2) is 4.99 Å². The molecule has 0 saturated heterocycles. The third-order valence-electron chi connectivity index (χ3n) is 0.468. The summed E-state index contributed by atoms with van der Waals surface area (Å²) in [5.74, 6) is 0.224. The highest BCUT2D eigenvalue weighted by molar-refractivity contribution is 5.32. The van der Waals surface area contributed by atoms with Gasteiger partial charge in [0.25, 0.3) is 0 Å². The van der Waals surface area contributed by atoms with Gasteiger partial charge in [0.05, 0.1) is 6.54 Å². The van der Waals surface area contributed by atoms with E-state index in [4.69, 9.17) is 0 Å². The van der Waals surface area contributed by atoms with Crippen LogP contribution in [-0.4, -0.2) is 12.6 Å². The molecule has 0 aliphatic rings. The van der Waals surface area contributed by atoms with Crippen LogP contribution in [0.25, 0.3) is 0 Å². The molecule has 1 unspecified atom stereocenters. The maximum Gasteiger partial charge on any atom is 0.234 e. The molecular weight excluding hydrogens is 90.1 g/mol. The van der Waals surface area contributed by atoms with Crippen LogP contribution in [0, 0.1) is 12.8 Å². The Kier molecular flexibility index (Phi) is 3.25. The molecule has 7 heavy (non-hydrogen) atoms. The zero-order valence-corrected chi connectivity index (χ0v) is 4.35. The molecule has 1 atom stereocenters. The summed E-state index contributed by atoms with van der Waals surface area (Å²) in [5, 5.41) is 0. The Labute approximate surface area is 43.3 Å². The highest BCUT2D eigenvalue weighted by Gasteiger charge is 1.86. The van der Waals surface area contributed by atoms with Gasteiger partial charge < -0.3 is 0 Å². The largest absolute Gasteiger partial charge is 0.234 e. The number of nitrogens with zero attached hydrogens (tertiary/aromatic N) is 1. The monoisotopic (exact) mass is 98.1 g/mol. The molecule has 0 aliphatic carbocycles. The Bertz CT molecular complexity index is 82.1. The smallest absolute Gasteiger partial charge is 0.211 e. The molecule has 0 aromatic heterocycles. The average molecular weight is 98.1 g/mol. The molecule has 0 bridgehead atoms. The number of hydrogen-bond acceptors (Lipinski definition) is 2. The van der Waals surface area contributed by atoms with Crippen molar-refractivity contribution in [3.8, 4) is 0 Å². The van der Waals surface area contributed by atoms with E-state index in [1.165, 1.54) is 6.08 Å². The van der Waals surface area contributed by atoms with Crippen LogP contribution in [0.5, 0.6) is 0 Å². The fourth-order valence-corrected chi connectivity index (χ4v) is 0.193. The SMILES string of the molecule is [CH2]C(C)CN=C=O. The third-order valence-corrected chi connectivity index (χ3v) is 0.468. The molecule has 0 heterocycles. The molecule has 0 rings (SSSR count). The van der Waals surface area contributed by atoms with Gasteiger partial charge in [0.2, 0.25) is 6.08 Å². The summed E-state index contributed by atoms with van der Waals surface area (Å²) in [5.41, 5.74) is 0. The van der Waals surface area contributed by atoms with Crippen molar-refractivity contribution in [3.05, 3.63) is 6.92 Å². The number of carbonyl (C=O) groups excluding carboxylic acids is 1.